The Kier molecular flexibility index (Phi) is 5.84. The van der Waals surface area contributed by atoms with Crippen LogP contribution in [0.3, 0.4) is 0 Å². The second kappa shape index (κ2) is 6.95. The van der Waals surface area contributed by atoms with Gasteiger partial charge >= 0.3 is 0 Å². The molecule has 0 radical (unpaired) electrons. The van der Waals surface area contributed by atoms with Crippen molar-refractivity contribution in [2.24, 2.45) is 5.73 Å². The SMILES string of the molecule is COc1cccc(C(C)NC(=O)C2(N)CCCC2)c1.Cl. The zero-order valence-corrected chi connectivity index (χ0v) is 12.8. The van der Waals surface area contributed by atoms with E-state index >= 15 is 0 Å². The summed E-state index contributed by atoms with van der Waals surface area (Å²) in [5, 5.41) is 3.01. The molecule has 1 fully saturated rings. The van der Waals surface area contributed by atoms with Crippen LogP contribution in [0.4, 0.5) is 0 Å². The molecule has 1 aromatic rings. The van der Waals surface area contributed by atoms with E-state index in [4.69, 9.17) is 10.5 Å². The molecule has 1 saturated carbocycles. The highest BCUT2D eigenvalue weighted by molar-refractivity contribution is 5.86. The number of hydrogen-bond donors (Lipinski definition) is 2. The van der Waals surface area contributed by atoms with Crippen LogP contribution < -0.4 is 15.8 Å². The standard InChI is InChI=1S/C15H22N2O2.ClH/c1-11(12-6-5-7-13(10-12)19-2)17-14(18)15(16)8-3-4-9-15;/h5-7,10-11H,3-4,8-9,16H2,1-2H3,(H,17,18);1H. The van der Waals surface area contributed by atoms with Gasteiger partial charge in [0.2, 0.25) is 5.91 Å². The van der Waals surface area contributed by atoms with Crippen molar-refractivity contribution in [2.75, 3.05) is 7.11 Å². The van der Waals surface area contributed by atoms with E-state index in [-0.39, 0.29) is 24.4 Å². The number of amides is 1. The van der Waals surface area contributed by atoms with E-state index in [1.165, 1.54) is 0 Å². The Hall–Kier alpha value is -1.26. The van der Waals surface area contributed by atoms with Gasteiger partial charge in [0.15, 0.2) is 0 Å². The zero-order chi connectivity index (χ0) is 13.9. The highest BCUT2D eigenvalue weighted by Crippen LogP contribution is 2.28. The van der Waals surface area contributed by atoms with Crippen molar-refractivity contribution in [3.05, 3.63) is 29.8 Å². The van der Waals surface area contributed by atoms with Gasteiger partial charge in [-0.2, -0.15) is 0 Å². The van der Waals surface area contributed by atoms with Crippen molar-refractivity contribution in [1.82, 2.24) is 5.32 Å². The number of methoxy groups -OCH3 is 1. The van der Waals surface area contributed by atoms with Gasteiger partial charge in [-0.15, -0.1) is 12.4 Å². The smallest absolute Gasteiger partial charge is 0.240 e. The van der Waals surface area contributed by atoms with Gasteiger partial charge in [0, 0.05) is 0 Å². The molecule has 1 aromatic carbocycles. The minimum Gasteiger partial charge on any atom is -0.497 e. The molecule has 0 aliphatic heterocycles. The average molecular weight is 299 g/mol. The molecule has 1 aliphatic rings. The number of carbonyl (C=O) groups is 1. The predicted molar refractivity (Wildman–Crippen MR) is 82.2 cm³/mol. The summed E-state index contributed by atoms with van der Waals surface area (Å²) in [6.07, 6.45) is 3.64. The molecule has 1 atom stereocenters. The van der Waals surface area contributed by atoms with E-state index in [0.29, 0.717) is 0 Å². The Morgan fingerprint density at radius 1 is 1.40 bits per heavy atom. The molecule has 4 nitrogen and oxygen atoms in total. The Bertz CT molecular complexity index is 459. The molecule has 0 heterocycles. The first-order valence-electron chi connectivity index (χ1n) is 6.79. The first kappa shape index (κ1) is 16.8. The molecular formula is C15H23ClN2O2. The van der Waals surface area contributed by atoms with Gasteiger partial charge in [0.1, 0.15) is 5.75 Å². The van der Waals surface area contributed by atoms with Crippen LogP contribution in [0.25, 0.3) is 0 Å². The first-order chi connectivity index (χ1) is 9.05. The molecule has 5 heteroatoms. The Morgan fingerprint density at radius 3 is 2.65 bits per heavy atom. The van der Waals surface area contributed by atoms with Crippen molar-refractivity contribution in [1.29, 1.82) is 0 Å². The third kappa shape index (κ3) is 3.64. The summed E-state index contributed by atoms with van der Waals surface area (Å²) >= 11 is 0. The Morgan fingerprint density at radius 2 is 2.05 bits per heavy atom. The summed E-state index contributed by atoms with van der Waals surface area (Å²) in [6, 6.07) is 7.65. The predicted octanol–water partition coefficient (Wildman–Crippen LogP) is 2.57. The van der Waals surface area contributed by atoms with E-state index in [1.807, 2.05) is 31.2 Å². The third-order valence-corrected chi connectivity index (χ3v) is 3.89. The van der Waals surface area contributed by atoms with Gasteiger partial charge in [-0.05, 0) is 37.5 Å². The van der Waals surface area contributed by atoms with E-state index in [9.17, 15) is 4.79 Å². The van der Waals surface area contributed by atoms with E-state index < -0.39 is 5.54 Å². The maximum Gasteiger partial charge on any atom is 0.240 e. The molecule has 1 aliphatic carbocycles. The lowest BCUT2D eigenvalue weighted by atomic mass is 9.97. The van der Waals surface area contributed by atoms with Gasteiger partial charge in [-0.1, -0.05) is 25.0 Å². The maximum absolute atomic E-state index is 12.2. The number of carbonyl (C=O) groups excluding carboxylic acids is 1. The largest absolute Gasteiger partial charge is 0.497 e. The van der Waals surface area contributed by atoms with Crippen LogP contribution in [0.1, 0.15) is 44.2 Å². The molecule has 3 N–H and O–H groups in total. The molecule has 1 amide bonds. The fraction of sp³-hybridized carbons (Fsp3) is 0.533. The number of nitrogens with two attached hydrogens (primary N) is 1. The first-order valence-corrected chi connectivity index (χ1v) is 6.79. The second-order valence-electron chi connectivity index (χ2n) is 5.34. The summed E-state index contributed by atoms with van der Waals surface area (Å²) in [5.74, 6) is 0.752. The molecular weight excluding hydrogens is 276 g/mol. The minimum atomic E-state index is -0.673. The molecule has 20 heavy (non-hydrogen) atoms. The topological polar surface area (TPSA) is 64.3 Å². The minimum absolute atomic E-state index is 0. The highest BCUT2D eigenvalue weighted by Gasteiger charge is 2.37. The summed E-state index contributed by atoms with van der Waals surface area (Å²) < 4.78 is 5.19. The summed E-state index contributed by atoms with van der Waals surface area (Å²) in [7, 11) is 1.63. The van der Waals surface area contributed by atoms with Crippen molar-refractivity contribution in [3.8, 4) is 5.75 Å². The molecule has 112 valence electrons. The molecule has 0 bridgehead atoms. The normalized spacial score (nSPS) is 17.9. The van der Waals surface area contributed by atoms with Crippen molar-refractivity contribution in [2.45, 2.75) is 44.2 Å². The average Bonchev–Trinajstić information content (AvgIpc) is 2.87. The Labute approximate surface area is 126 Å². The number of ether oxygens (including phenoxy) is 1. The second-order valence-corrected chi connectivity index (χ2v) is 5.34. The van der Waals surface area contributed by atoms with Crippen molar-refractivity contribution in [3.63, 3.8) is 0 Å². The fourth-order valence-electron chi connectivity index (χ4n) is 2.57. The zero-order valence-electron chi connectivity index (χ0n) is 12.0. The van der Waals surface area contributed by atoms with Crippen LogP contribution in [0.2, 0.25) is 0 Å². The fourth-order valence-corrected chi connectivity index (χ4v) is 2.57. The van der Waals surface area contributed by atoms with E-state index in [1.54, 1.807) is 7.11 Å². The lowest BCUT2D eigenvalue weighted by molar-refractivity contribution is -0.126. The number of benzene rings is 1. The molecule has 0 aromatic heterocycles. The molecule has 0 spiro atoms. The third-order valence-electron chi connectivity index (χ3n) is 3.89. The van der Waals surface area contributed by atoms with Gasteiger partial charge < -0.3 is 15.8 Å². The molecule has 0 saturated heterocycles. The van der Waals surface area contributed by atoms with Crippen LogP contribution in [-0.4, -0.2) is 18.6 Å². The van der Waals surface area contributed by atoms with Gasteiger partial charge in [-0.25, -0.2) is 0 Å². The maximum atomic E-state index is 12.2. The van der Waals surface area contributed by atoms with E-state index in [2.05, 4.69) is 5.32 Å². The number of rotatable bonds is 4. The summed E-state index contributed by atoms with van der Waals surface area (Å²) in [6.45, 7) is 1.96. The van der Waals surface area contributed by atoms with Crippen molar-refractivity contribution < 1.29 is 9.53 Å². The van der Waals surface area contributed by atoms with Crippen LogP contribution in [-0.2, 0) is 4.79 Å². The van der Waals surface area contributed by atoms with Crippen LogP contribution in [0, 0.1) is 0 Å². The lowest BCUT2D eigenvalue weighted by Crippen LogP contribution is -2.52. The van der Waals surface area contributed by atoms with Crippen molar-refractivity contribution >= 4 is 18.3 Å². The summed E-state index contributed by atoms with van der Waals surface area (Å²) in [4.78, 5) is 12.2. The highest BCUT2D eigenvalue weighted by atomic mass is 35.5. The molecule has 1 unspecified atom stereocenters. The van der Waals surface area contributed by atoms with Crippen LogP contribution in [0.15, 0.2) is 24.3 Å². The summed E-state index contributed by atoms with van der Waals surface area (Å²) in [5.41, 5.74) is 6.50. The van der Waals surface area contributed by atoms with Crippen LogP contribution >= 0.6 is 12.4 Å². The quantitative estimate of drug-likeness (QED) is 0.898. The van der Waals surface area contributed by atoms with Gasteiger partial charge in [0.05, 0.1) is 18.7 Å². The monoisotopic (exact) mass is 298 g/mol. The number of halogens is 1. The molecule has 2 rings (SSSR count). The lowest BCUT2D eigenvalue weighted by Gasteiger charge is -2.25. The van der Waals surface area contributed by atoms with Gasteiger partial charge in [0.25, 0.3) is 0 Å². The van der Waals surface area contributed by atoms with Gasteiger partial charge in [-0.3, -0.25) is 4.79 Å². The Balaban J connectivity index is 0.00000200. The van der Waals surface area contributed by atoms with Crippen LogP contribution in [0.5, 0.6) is 5.75 Å². The number of nitrogens with one attached hydrogen (secondary N) is 1. The number of hydrogen-bond acceptors (Lipinski definition) is 3. The van der Waals surface area contributed by atoms with E-state index in [0.717, 1.165) is 37.0 Å².